The zero-order valence-corrected chi connectivity index (χ0v) is 21.4. The molecule has 4 N–H and O–H groups in total. The van der Waals surface area contributed by atoms with Crippen molar-refractivity contribution in [3.8, 4) is 11.5 Å². The number of nitrogens with one attached hydrogen (secondary N) is 1. The highest BCUT2D eigenvalue weighted by Gasteiger charge is 2.21. The van der Waals surface area contributed by atoms with Gasteiger partial charge in [-0.3, -0.25) is 4.79 Å². The molecule has 0 heterocycles. The molecule has 0 aliphatic carbocycles. The van der Waals surface area contributed by atoms with Crippen molar-refractivity contribution in [2.75, 3.05) is 20.0 Å². The molecule has 9 nitrogen and oxygen atoms in total. The molecule has 31 heavy (non-hydrogen) atoms. The number of carbonyl (C=O) groups excluding carboxylic acids is 1. The number of sulfone groups is 1. The molecule has 0 aliphatic heterocycles. The van der Waals surface area contributed by atoms with E-state index in [1.807, 2.05) is 6.92 Å². The maximum atomic E-state index is 11.1. The monoisotopic (exact) mass is 498 g/mol. The molecule has 0 aromatic heterocycles. The van der Waals surface area contributed by atoms with E-state index in [2.05, 4.69) is 5.32 Å². The Morgan fingerprint density at radius 3 is 2.10 bits per heavy atom. The van der Waals surface area contributed by atoms with E-state index in [-0.39, 0.29) is 44.5 Å². The van der Waals surface area contributed by atoms with Crippen molar-refractivity contribution in [2.24, 2.45) is 11.7 Å². The number of benzene rings is 1. The molecule has 12 heteroatoms. The molecular weight excluding hydrogens is 464 g/mol. The highest BCUT2D eigenvalue weighted by atomic mass is 32.2. The number of hydrogen-bond acceptors (Lipinski definition) is 7. The summed E-state index contributed by atoms with van der Waals surface area (Å²) in [4.78, 5) is 21.0. The van der Waals surface area contributed by atoms with Crippen molar-refractivity contribution in [2.45, 2.75) is 33.7 Å². The van der Waals surface area contributed by atoms with Gasteiger partial charge in [0.1, 0.15) is 6.04 Å². The van der Waals surface area contributed by atoms with E-state index >= 15 is 0 Å². The average Bonchev–Trinajstić information content (AvgIpc) is 2.58. The maximum absolute atomic E-state index is 11.1. The Hall–Kier alpha value is -2.05. The summed E-state index contributed by atoms with van der Waals surface area (Å²) in [6.07, 6.45) is 1.09. The Labute approximate surface area is 198 Å². The van der Waals surface area contributed by atoms with E-state index in [0.717, 1.165) is 11.7 Å². The fourth-order valence-corrected chi connectivity index (χ4v) is 2.75. The molecule has 0 radical (unpaired) electrons. The van der Waals surface area contributed by atoms with Crippen LogP contribution in [0.3, 0.4) is 0 Å². The van der Waals surface area contributed by atoms with Gasteiger partial charge in [0.2, 0.25) is 5.91 Å². The number of aliphatic carboxylic acids is 1. The summed E-state index contributed by atoms with van der Waals surface area (Å²) in [6, 6.07) is 4.24. The molecule has 1 aromatic carbocycles. The minimum atomic E-state index is -3.27. The van der Waals surface area contributed by atoms with Gasteiger partial charge in [-0.25, -0.2) is 13.2 Å². The van der Waals surface area contributed by atoms with Crippen molar-refractivity contribution in [3.63, 3.8) is 0 Å². The van der Waals surface area contributed by atoms with Gasteiger partial charge in [0.05, 0.1) is 24.8 Å². The minimum Gasteiger partial charge on any atom is -0.493 e. The Morgan fingerprint density at radius 1 is 1.23 bits per heavy atom. The predicted molar refractivity (Wildman–Crippen MR) is 132 cm³/mol. The second-order valence-corrected chi connectivity index (χ2v) is 8.36. The van der Waals surface area contributed by atoms with Gasteiger partial charge < -0.3 is 25.6 Å². The van der Waals surface area contributed by atoms with Gasteiger partial charge in [-0.05, 0) is 31.0 Å². The summed E-state index contributed by atoms with van der Waals surface area (Å²) < 4.78 is 32.8. The number of methoxy groups -OCH3 is 1. The van der Waals surface area contributed by atoms with Crippen LogP contribution < -0.4 is 20.5 Å². The fraction of sp³-hybridized carbons (Fsp3) is 0.474. The van der Waals surface area contributed by atoms with Crippen molar-refractivity contribution < 1.29 is 32.6 Å². The molecule has 180 valence electrons. The van der Waals surface area contributed by atoms with Crippen molar-refractivity contribution in [1.29, 1.82) is 0 Å². The topological polar surface area (TPSA) is 145 Å². The molecule has 1 atom stereocenters. The van der Waals surface area contributed by atoms with E-state index in [4.69, 9.17) is 20.3 Å². The van der Waals surface area contributed by atoms with Gasteiger partial charge in [-0.1, -0.05) is 13.8 Å². The minimum absolute atomic E-state index is 0. The number of carboxylic acid groups (broad SMARTS) is 1. The molecule has 0 bridgehead atoms. The second kappa shape index (κ2) is 15.7. The molecular formula is C19H34N2O7S3. The Morgan fingerprint density at radius 2 is 1.77 bits per heavy atom. The van der Waals surface area contributed by atoms with Crippen LogP contribution >= 0.6 is 27.0 Å². The van der Waals surface area contributed by atoms with Crippen LogP contribution in [0.15, 0.2) is 23.6 Å². The van der Waals surface area contributed by atoms with E-state index in [1.54, 1.807) is 32.0 Å². The van der Waals surface area contributed by atoms with E-state index in [0.29, 0.717) is 23.7 Å². The molecule has 0 spiro atoms. The number of nitrogens with two attached hydrogens (primary N) is 1. The molecule has 0 saturated carbocycles. The number of rotatable bonds is 8. The van der Waals surface area contributed by atoms with Crippen molar-refractivity contribution >= 4 is 54.4 Å². The SMILES string of the molecule is CC(=O)N[C@H](C(=O)O)C(C)C.CCOc1cc(/C(N)=C\S(C)(=O)=O)ccc1OC.S.S. The summed E-state index contributed by atoms with van der Waals surface area (Å²) in [5.74, 6) is -0.284. The molecule has 1 aromatic rings. The third-order valence-corrected chi connectivity index (χ3v) is 4.11. The summed E-state index contributed by atoms with van der Waals surface area (Å²) in [6.45, 7) is 7.12. The molecule has 0 unspecified atom stereocenters. The van der Waals surface area contributed by atoms with Gasteiger partial charge in [-0.2, -0.15) is 27.0 Å². The fourth-order valence-electron chi connectivity index (χ4n) is 2.16. The Balaban J connectivity index is -0.000000528. The van der Waals surface area contributed by atoms with E-state index in [9.17, 15) is 18.0 Å². The van der Waals surface area contributed by atoms with Gasteiger partial charge in [0.15, 0.2) is 21.3 Å². The van der Waals surface area contributed by atoms with Crippen LogP contribution in [0.4, 0.5) is 0 Å². The predicted octanol–water partition coefficient (Wildman–Crippen LogP) is 1.85. The van der Waals surface area contributed by atoms with Gasteiger partial charge in [0, 0.05) is 18.7 Å². The van der Waals surface area contributed by atoms with Crippen molar-refractivity contribution in [3.05, 3.63) is 29.2 Å². The summed E-state index contributed by atoms with van der Waals surface area (Å²) in [5, 5.41) is 11.9. The number of ether oxygens (including phenoxy) is 2. The number of amides is 1. The average molecular weight is 499 g/mol. The van der Waals surface area contributed by atoms with Gasteiger partial charge in [-0.15, -0.1) is 0 Å². The number of hydrogen-bond donors (Lipinski definition) is 3. The zero-order chi connectivity index (χ0) is 22.8. The first-order valence-electron chi connectivity index (χ1n) is 8.80. The number of carboxylic acids is 1. The van der Waals surface area contributed by atoms with Crippen LogP contribution in [-0.4, -0.2) is 51.4 Å². The molecule has 0 aliphatic rings. The van der Waals surface area contributed by atoms with Crippen molar-refractivity contribution in [1.82, 2.24) is 5.32 Å². The highest BCUT2D eigenvalue weighted by molar-refractivity contribution is 7.93. The summed E-state index contributed by atoms with van der Waals surface area (Å²) in [7, 11) is -1.74. The van der Waals surface area contributed by atoms with Crippen LogP contribution in [0.2, 0.25) is 0 Å². The normalized spacial score (nSPS) is 11.6. The maximum Gasteiger partial charge on any atom is 0.326 e. The third kappa shape index (κ3) is 13.8. The Kier molecular flexibility index (Phi) is 17.0. The Bertz CT molecular complexity index is 841. The zero-order valence-electron chi connectivity index (χ0n) is 18.6. The standard InChI is InChI=1S/C12H17NO4S.C7H13NO3.2H2S/c1-4-17-12-7-9(5-6-11(12)16-2)10(13)8-18(3,14)15;1-4(2)6(7(10)11)8-5(3)9;;/h5-8H,4,13H2,1-3H3;4,6H,1-3H3,(H,8,9)(H,10,11);2*1H2/b10-8+;;;/t;6-;;/m.0../s1. The first kappa shape index (κ1) is 33.6. The summed E-state index contributed by atoms with van der Waals surface area (Å²) >= 11 is 0. The lowest BCUT2D eigenvalue weighted by Gasteiger charge is -2.16. The third-order valence-electron chi connectivity index (χ3n) is 3.43. The van der Waals surface area contributed by atoms with Crippen LogP contribution in [0.5, 0.6) is 11.5 Å². The van der Waals surface area contributed by atoms with E-state index in [1.165, 1.54) is 14.0 Å². The lowest BCUT2D eigenvalue weighted by atomic mass is 10.1. The smallest absolute Gasteiger partial charge is 0.326 e. The van der Waals surface area contributed by atoms with Crippen LogP contribution in [0.1, 0.15) is 33.3 Å². The first-order valence-corrected chi connectivity index (χ1v) is 10.8. The highest BCUT2D eigenvalue weighted by Crippen LogP contribution is 2.29. The molecule has 0 saturated heterocycles. The first-order chi connectivity index (χ1) is 13.3. The molecule has 0 fully saturated rings. The lowest BCUT2D eigenvalue weighted by molar-refractivity contribution is -0.142. The number of carbonyl (C=O) groups is 2. The van der Waals surface area contributed by atoms with Crippen LogP contribution in [0, 0.1) is 5.92 Å². The van der Waals surface area contributed by atoms with Gasteiger partial charge >= 0.3 is 5.97 Å². The quantitative estimate of drug-likeness (QED) is 0.492. The second-order valence-electron chi connectivity index (χ2n) is 6.46. The summed E-state index contributed by atoms with van der Waals surface area (Å²) in [5.41, 5.74) is 6.46. The van der Waals surface area contributed by atoms with Crippen LogP contribution in [-0.2, 0) is 19.4 Å². The molecule has 1 amide bonds. The largest absolute Gasteiger partial charge is 0.493 e. The van der Waals surface area contributed by atoms with Gasteiger partial charge in [0.25, 0.3) is 0 Å². The lowest BCUT2D eigenvalue weighted by Crippen LogP contribution is -2.43. The van der Waals surface area contributed by atoms with E-state index < -0.39 is 21.8 Å². The molecule has 1 rings (SSSR count). The van der Waals surface area contributed by atoms with Crippen LogP contribution in [0.25, 0.3) is 5.70 Å².